The number of carbonyl (C=O) groups is 1. The van der Waals surface area contributed by atoms with Crippen LogP contribution in [0.1, 0.15) is 28.5 Å². The van der Waals surface area contributed by atoms with Crippen molar-refractivity contribution in [3.05, 3.63) is 51.7 Å². The SMILES string of the molecule is Cc1ccc(SCCC(=O)NCC(c2cccs2)N2CCOCC2)cc1C. The predicted octanol–water partition coefficient (Wildman–Crippen LogP) is 4.04. The summed E-state index contributed by atoms with van der Waals surface area (Å²) in [5, 5.41) is 5.25. The number of benzene rings is 1. The Kier molecular flexibility index (Phi) is 7.76. The minimum Gasteiger partial charge on any atom is -0.379 e. The summed E-state index contributed by atoms with van der Waals surface area (Å²) < 4.78 is 5.48. The van der Waals surface area contributed by atoms with E-state index in [9.17, 15) is 4.79 Å². The lowest BCUT2D eigenvalue weighted by Gasteiger charge is -2.34. The summed E-state index contributed by atoms with van der Waals surface area (Å²) in [5.74, 6) is 0.927. The third kappa shape index (κ3) is 6.07. The third-order valence-corrected chi connectivity index (χ3v) is 6.90. The summed E-state index contributed by atoms with van der Waals surface area (Å²) in [6.07, 6.45) is 0.540. The Morgan fingerprint density at radius 3 is 2.78 bits per heavy atom. The van der Waals surface area contributed by atoms with Crippen LogP contribution < -0.4 is 5.32 Å². The van der Waals surface area contributed by atoms with Crippen molar-refractivity contribution in [2.24, 2.45) is 0 Å². The zero-order chi connectivity index (χ0) is 19.1. The van der Waals surface area contributed by atoms with E-state index in [-0.39, 0.29) is 11.9 Å². The van der Waals surface area contributed by atoms with Crippen molar-refractivity contribution in [1.29, 1.82) is 0 Å². The topological polar surface area (TPSA) is 41.6 Å². The van der Waals surface area contributed by atoms with Gasteiger partial charge in [0, 0.05) is 41.6 Å². The zero-order valence-electron chi connectivity index (χ0n) is 16.1. The first-order chi connectivity index (χ1) is 13.1. The Bertz CT molecular complexity index is 728. The molecule has 4 nitrogen and oxygen atoms in total. The fourth-order valence-electron chi connectivity index (χ4n) is 3.14. The van der Waals surface area contributed by atoms with E-state index in [1.807, 2.05) is 0 Å². The van der Waals surface area contributed by atoms with Crippen molar-refractivity contribution < 1.29 is 9.53 Å². The van der Waals surface area contributed by atoms with Crippen LogP contribution in [0.15, 0.2) is 40.6 Å². The van der Waals surface area contributed by atoms with Gasteiger partial charge in [0.2, 0.25) is 5.91 Å². The quantitative estimate of drug-likeness (QED) is 0.675. The van der Waals surface area contributed by atoms with Crippen molar-refractivity contribution in [3.8, 4) is 0 Å². The number of carbonyl (C=O) groups excluding carboxylic acids is 1. The Balaban J connectivity index is 1.46. The van der Waals surface area contributed by atoms with Gasteiger partial charge < -0.3 is 10.1 Å². The summed E-state index contributed by atoms with van der Waals surface area (Å²) in [5.41, 5.74) is 2.61. The summed E-state index contributed by atoms with van der Waals surface area (Å²) in [4.78, 5) is 17.3. The Hall–Kier alpha value is -1.34. The van der Waals surface area contributed by atoms with Crippen LogP contribution in [0.5, 0.6) is 0 Å². The molecule has 1 amide bonds. The highest BCUT2D eigenvalue weighted by Crippen LogP contribution is 2.25. The van der Waals surface area contributed by atoms with Gasteiger partial charge in [0.25, 0.3) is 0 Å². The molecule has 1 fully saturated rings. The number of aryl methyl sites for hydroxylation is 2. The second kappa shape index (κ2) is 10.3. The van der Waals surface area contributed by atoms with Gasteiger partial charge in [0.1, 0.15) is 0 Å². The Morgan fingerprint density at radius 1 is 1.26 bits per heavy atom. The fraction of sp³-hybridized carbons (Fsp3) is 0.476. The number of amides is 1. The fourth-order valence-corrected chi connectivity index (χ4v) is 4.95. The van der Waals surface area contributed by atoms with Gasteiger partial charge in [-0.15, -0.1) is 23.1 Å². The number of nitrogens with zero attached hydrogens (tertiary/aromatic N) is 1. The minimum absolute atomic E-state index is 0.126. The molecule has 146 valence electrons. The van der Waals surface area contributed by atoms with Crippen LogP contribution in [0.3, 0.4) is 0 Å². The first kappa shape index (κ1) is 20.4. The smallest absolute Gasteiger partial charge is 0.220 e. The lowest BCUT2D eigenvalue weighted by molar-refractivity contribution is -0.121. The van der Waals surface area contributed by atoms with Crippen LogP contribution in [0.4, 0.5) is 0 Å². The van der Waals surface area contributed by atoms with E-state index in [2.05, 4.69) is 59.8 Å². The molecule has 1 aliphatic rings. The van der Waals surface area contributed by atoms with E-state index in [4.69, 9.17) is 4.74 Å². The molecule has 0 bridgehead atoms. The molecule has 3 rings (SSSR count). The van der Waals surface area contributed by atoms with Crippen LogP contribution in [0.2, 0.25) is 0 Å². The molecule has 1 aromatic heterocycles. The maximum absolute atomic E-state index is 12.3. The summed E-state index contributed by atoms with van der Waals surface area (Å²) >= 11 is 3.50. The van der Waals surface area contributed by atoms with E-state index in [0.717, 1.165) is 32.1 Å². The first-order valence-electron chi connectivity index (χ1n) is 9.45. The molecule has 6 heteroatoms. The van der Waals surface area contributed by atoms with E-state index in [1.165, 1.54) is 20.9 Å². The number of hydrogen-bond acceptors (Lipinski definition) is 5. The molecule has 1 N–H and O–H groups in total. The predicted molar refractivity (Wildman–Crippen MR) is 114 cm³/mol. The lowest BCUT2D eigenvalue weighted by atomic mass is 10.1. The molecular weight excluding hydrogens is 376 g/mol. The molecular formula is C21H28N2O2S2. The van der Waals surface area contributed by atoms with E-state index >= 15 is 0 Å². The van der Waals surface area contributed by atoms with Gasteiger partial charge in [-0.3, -0.25) is 9.69 Å². The van der Waals surface area contributed by atoms with Crippen molar-refractivity contribution >= 4 is 29.0 Å². The van der Waals surface area contributed by atoms with Crippen molar-refractivity contribution in [3.63, 3.8) is 0 Å². The van der Waals surface area contributed by atoms with Gasteiger partial charge in [-0.05, 0) is 48.6 Å². The highest BCUT2D eigenvalue weighted by molar-refractivity contribution is 7.99. The van der Waals surface area contributed by atoms with Crippen LogP contribution >= 0.6 is 23.1 Å². The number of thiophene rings is 1. The van der Waals surface area contributed by atoms with Crippen molar-refractivity contribution in [1.82, 2.24) is 10.2 Å². The number of rotatable bonds is 8. The Morgan fingerprint density at radius 2 is 2.07 bits per heavy atom. The van der Waals surface area contributed by atoms with Crippen LogP contribution in [-0.4, -0.2) is 49.4 Å². The van der Waals surface area contributed by atoms with Gasteiger partial charge in [-0.25, -0.2) is 0 Å². The van der Waals surface area contributed by atoms with Crippen LogP contribution in [0.25, 0.3) is 0 Å². The Labute approximate surface area is 170 Å². The highest BCUT2D eigenvalue weighted by atomic mass is 32.2. The van der Waals surface area contributed by atoms with Gasteiger partial charge in [-0.2, -0.15) is 0 Å². The average molecular weight is 405 g/mol. The number of hydrogen-bond donors (Lipinski definition) is 1. The van der Waals surface area contributed by atoms with Crippen molar-refractivity contribution in [2.45, 2.75) is 31.2 Å². The number of morpholine rings is 1. The number of thioether (sulfide) groups is 1. The molecule has 0 aliphatic carbocycles. The molecule has 1 aliphatic heterocycles. The largest absolute Gasteiger partial charge is 0.379 e. The first-order valence-corrected chi connectivity index (χ1v) is 11.3. The molecule has 0 spiro atoms. The highest BCUT2D eigenvalue weighted by Gasteiger charge is 2.23. The lowest BCUT2D eigenvalue weighted by Crippen LogP contribution is -2.43. The molecule has 1 aromatic carbocycles. The van der Waals surface area contributed by atoms with E-state index in [1.54, 1.807) is 23.1 Å². The summed E-state index contributed by atoms with van der Waals surface area (Å²) in [7, 11) is 0. The van der Waals surface area contributed by atoms with Gasteiger partial charge in [0.05, 0.1) is 19.3 Å². The van der Waals surface area contributed by atoms with Gasteiger partial charge >= 0.3 is 0 Å². The molecule has 2 heterocycles. The maximum atomic E-state index is 12.3. The zero-order valence-corrected chi connectivity index (χ0v) is 17.7. The molecule has 1 atom stereocenters. The average Bonchev–Trinajstić information content (AvgIpc) is 3.20. The number of ether oxygens (including phenoxy) is 1. The molecule has 0 radical (unpaired) electrons. The molecule has 0 saturated carbocycles. The maximum Gasteiger partial charge on any atom is 0.220 e. The summed E-state index contributed by atoms with van der Waals surface area (Å²) in [6, 6.07) is 11.0. The number of nitrogens with one attached hydrogen (secondary N) is 1. The van der Waals surface area contributed by atoms with E-state index in [0.29, 0.717) is 13.0 Å². The standard InChI is InChI=1S/C21H28N2O2S2/c1-16-5-6-18(14-17(16)2)26-13-7-21(24)22-15-19(20-4-3-12-27-20)23-8-10-25-11-9-23/h3-6,12,14,19H,7-11,13,15H2,1-2H3,(H,22,24). The molecule has 27 heavy (non-hydrogen) atoms. The van der Waals surface area contributed by atoms with Crippen LogP contribution in [-0.2, 0) is 9.53 Å². The molecule has 1 unspecified atom stereocenters. The van der Waals surface area contributed by atoms with Crippen LogP contribution in [0, 0.1) is 13.8 Å². The van der Waals surface area contributed by atoms with E-state index < -0.39 is 0 Å². The second-order valence-corrected chi connectivity index (χ2v) is 8.98. The second-order valence-electron chi connectivity index (χ2n) is 6.83. The van der Waals surface area contributed by atoms with Gasteiger partial charge in [-0.1, -0.05) is 12.1 Å². The monoisotopic (exact) mass is 404 g/mol. The summed E-state index contributed by atoms with van der Waals surface area (Å²) in [6.45, 7) is 8.28. The third-order valence-electron chi connectivity index (χ3n) is 4.93. The van der Waals surface area contributed by atoms with Crippen molar-refractivity contribution in [2.75, 3.05) is 38.6 Å². The molecule has 2 aromatic rings. The minimum atomic E-state index is 0.126. The molecule has 1 saturated heterocycles. The van der Waals surface area contributed by atoms with Gasteiger partial charge in [0.15, 0.2) is 0 Å². The normalized spacial score (nSPS) is 16.2.